The molecule has 0 saturated carbocycles. The summed E-state index contributed by atoms with van der Waals surface area (Å²) in [5.74, 6) is 0.887. The van der Waals surface area contributed by atoms with Crippen molar-refractivity contribution in [1.82, 2.24) is 4.98 Å². The van der Waals surface area contributed by atoms with Crippen LogP contribution in [0.3, 0.4) is 0 Å². The summed E-state index contributed by atoms with van der Waals surface area (Å²) in [6.45, 7) is 2.00. The van der Waals surface area contributed by atoms with Crippen LogP contribution in [-0.2, 0) is 4.74 Å². The first-order chi connectivity index (χ1) is 7.79. The van der Waals surface area contributed by atoms with E-state index in [1.54, 1.807) is 7.11 Å². The Hall–Kier alpha value is -1.83. The summed E-state index contributed by atoms with van der Waals surface area (Å²) >= 11 is 0. The summed E-state index contributed by atoms with van der Waals surface area (Å²) in [5, 5.41) is 0. The van der Waals surface area contributed by atoms with Crippen molar-refractivity contribution < 1.29 is 4.74 Å². The lowest BCUT2D eigenvalue weighted by atomic mass is 10.0. The molecule has 0 spiro atoms. The summed E-state index contributed by atoms with van der Waals surface area (Å²) in [4.78, 5) is 4.21. The molecule has 2 rings (SSSR count). The highest BCUT2D eigenvalue weighted by Gasteiger charge is 2.04. The smallest absolute Gasteiger partial charge is 0.119 e. The molecule has 0 fully saturated rings. The second-order valence-electron chi connectivity index (χ2n) is 3.76. The molecule has 0 aromatic carbocycles. The van der Waals surface area contributed by atoms with Crippen molar-refractivity contribution in [2.75, 3.05) is 7.11 Å². The average molecular weight is 213 g/mol. The van der Waals surface area contributed by atoms with Crippen LogP contribution in [0.4, 0.5) is 0 Å². The van der Waals surface area contributed by atoms with E-state index in [0.717, 1.165) is 17.9 Å². The Kier molecular flexibility index (Phi) is 3.20. The van der Waals surface area contributed by atoms with Gasteiger partial charge in [-0.25, -0.2) is 0 Å². The minimum Gasteiger partial charge on any atom is -0.497 e. The van der Waals surface area contributed by atoms with Gasteiger partial charge in [0.25, 0.3) is 0 Å². The Balaban J connectivity index is 2.37. The van der Waals surface area contributed by atoms with Crippen molar-refractivity contribution in [3.8, 4) is 0 Å². The van der Waals surface area contributed by atoms with Crippen LogP contribution in [-0.4, -0.2) is 12.1 Å². The van der Waals surface area contributed by atoms with Crippen LogP contribution in [0, 0.1) is 6.92 Å². The van der Waals surface area contributed by atoms with Crippen LogP contribution < -0.4 is 0 Å². The standard InChI is InChI=1S/C14H15NO/c1-11-9-13(7-8-15-11)12-5-3-4-6-14(10-12)16-2/h3-4,6-10H,5H2,1-2H3. The number of hydrogen-bond donors (Lipinski definition) is 0. The molecule has 0 amide bonds. The monoisotopic (exact) mass is 213 g/mol. The predicted octanol–water partition coefficient (Wildman–Crippen LogP) is 3.26. The van der Waals surface area contributed by atoms with Crippen molar-refractivity contribution >= 4 is 5.57 Å². The zero-order chi connectivity index (χ0) is 11.4. The maximum absolute atomic E-state index is 5.27. The van der Waals surface area contributed by atoms with Crippen LogP contribution in [0.15, 0.2) is 48.4 Å². The van der Waals surface area contributed by atoms with Crippen molar-refractivity contribution in [2.45, 2.75) is 13.3 Å². The normalized spacial score (nSPS) is 15.1. The van der Waals surface area contributed by atoms with Gasteiger partial charge in [0.2, 0.25) is 0 Å². The van der Waals surface area contributed by atoms with Gasteiger partial charge in [0, 0.05) is 11.9 Å². The van der Waals surface area contributed by atoms with Gasteiger partial charge < -0.3 is 4.74 Å². The molecule has 1 aliphatic rings. The second kappa shape index (κ2) is 4.79. The van der Waals surface area contributed by atoms with E-state index in [4.69, 9.17) is 4.74 Å². The van der Waals surface area contributed by atoms with E-state index in [-0.39, 0.29) is 0 Å². The van der Waals surface area contributed by atoms with Gasteiger partial charge in [-0.2, -0.15) is 0 Å². The van der Waals surface area contributed by atoms with Crippen molar-refractivity contribution in [3.63, 3.8) is 0 Å². The maximum atomic E-state index is 5.27. The lowest BCUT2D eigenvalue weighted by Crippen LogP contribution is -1.89. The number of nitrogens with zero attached hydrogens (tertiary/aromatic N) is 1. The number of rotatable bonds is 2. The minimum absolute atomic E-state index is 0.887. The third kappa shape index (κ3) is 2.40. The number of methoxy groups -OCH3 is 1. The molecule has 1 aromatic rings. The molecule has 82 valence electrons. The average Bonchev–Trinajstić information content (AvgIpc) is 2.54. The van der Waals surface area contributed by atoms with Crippen LogP contribution in [0.2, 0.25) is 0 Å². The molecule has 0 unspecified atom stereocenters. The van der Waals surface area contributed by atoms with E-state index >= 15 is 0 Å². The number of pyridine rings is 1. The molecule has 0 radical (unpaired) electrons. The zero-order valence-corrected chi connectivity index (χ0v) is 9.60. The first-order valence-corrected chi connectivity index (χ1v) is 5.34. The van der Waals surface area contributed by atoms with Crippen LogP contribution in [0.5, 0.6) is 0 Å². The molecule has 1 aliphatic carbocycles. The predicted molar refractivity (Wildman–Crippen MR) is 65.8 cm³/mol. The quantitative estimate of drug-likeness (QED) is 0.752. The molecule has 16 heavy (non-hydrogen) atoms. The van der Waals surface area contributed by atoms with Crippen LogP contribution in [0.25, 0.3) is 5.57 Å². The summed E-state index contributed by atoms with van der Waals surface area (Å²) < 4.78 is 5.27. The Bertz CT molecular complexity index is 469. The van der Waals surface area contributed by atoms with Gasteiger partial charge in [-0.15, -0.1) is 0 Å². The first-order valence-electron chi connectivity index (χ1n) is 5.34. The number of ether oxygens (including phenoxy) is 1. The fourth-order valence-electron chi connectivity index (χ4n) is 1.71. The molecule has 1 aromatic heterocycles. The SMILES string of the molecule is COC1=CC=CCC(c2ccnc(C)c2)=C1. The van der Waals surface area contributed by atoms with E-state index in [9.17, 15) is 0 Å². The zero-order valence-electron chi connectivity index (χ0n) is 9.60. The Labute approximate surface area is 96.0 Å². The molecule has 1 heterocycles. The number of hydrogen-bond acceptors (Lipinski definition) is 2. The Morgan fingerprint density at radius 1 is 1.38 bits per heavy atom. The lowest BCUT2D eigenvalue weighted by molar-refractivity contribution is 0.307. The van der Waals surface area contributed by atoms with E-state index in [0.29, 0.717) is 0 Å². The third-order valence-corrected chi connectivity index (χ3v) is 2.55. The summed E-state index contributed by atoms with van der Waals surface area (Å²) in [5.41, 5.74) is 3.50. The molecule has 0 aliphatic heterocycles. The van der Waals surface area contributed by atoms with Crippen molar-refractivity contribution in [1.29, 1.82) is 0 Å². The van der Waals surface area contributed by atoms with E-state index < -0.39 is 0 Å². The van der Waals surface area contributed by atoms with E-state index in [1.807, 2.05) is 31.3 Å². The topological polar surface area (TPSA) is 22.1 Å². The first kappa shape index (κ1) is 10.7. The summed E-state index contributed by atoms with van der Waals surface area (Å²) in [7, 11) is 1.69. The Morgan fingerprint density at radius 2 is 2.25 bits per heavy atom. The van der Waals surface area contributed by atoms with Crippen molar-refractivity contribution in [3.05, 3.63) is 59.7 Å². The molecule has 0 bridgehead atoms. The van der Waals surface area contributed by atoms with Crippen LogP contribution >= 0.6 is 0 Å². The molecule has 0 atom stereocenters. The highest BCUT2D eigenvalue weighted by atomic mass is 16.5. The van der Waals surface area contributed by atoms with E-state index in [2.05, 4.69) is 23.2 Å². The maximum Gasteiger partial charge on any atom is 0.119 e. The van der Waals surface area contributed by atoms with Gasteiger partial charge in [0.05, 0.1) is 7.11 Å². The number of aromatic nitrogens is 1. The summed E-state index contributed by atoms with van der Waals surface area (Å²) in [6.07, 6.45) is 11.0. The molecule has 2 nitrogen and oxygen atoms in total. The van der Waals surface area contributed by atoms with Crippen LogP contribution in [0.1, 0.15) is 17.7 Å². The van der Waals surface area contributed by atoms with E-state index in [1.165, 1.54) is 11.1 Å². The highest BCUT2D eigenvalue weighted by molar-refractivity contribution is 5.69. The number of allylic oxidation sites excluding steroid dienone is 5. The minimum atomic E-state index is 0.887. The van der Waals surface area contributed by atoms with Gasteiger partial charge >= 0.3 is 0 Å². The highest BCUT2D eigenvalue weighted by Crippen LogP contribution is 2.23. The molecule has 0 N–H and O–H groups in total. The third-order valence-electron chi connectivity index (χ3n) is 2.55. The second-order valence-corrected chi connectivity index (χ2v) is 3.76. The van der Waals surface area contributed by atoms with Crippen molar-refractivity contribution in [2.24, 2.45) is 0 Å². The van der Waals surface area contributed by atoms with Gasteiger partial charge in [-0.3, -0.25) is 4.98 Å². The molecular formula is C14H15NO. The van der Waals surface area contributed by atoms with Gasteiger partial charge in [0.15, 0.2) is 0 Å². The lowest BCUT2D eigenvalue weighted by Gasteiger charge is -2.06. The Morgan fingerprint density at radius 3 is 3.00 bits per heavy atom. The molecule has 0 saturated heterocycles. The largest absolute Gasteiger partial charge is 0.497 e. The molecular weight excluding hydrogens is 198 g/mol. The fourth-order valence-corrected chi connectivity index (χ4v) is 1.71. The van der Waals surface area contributed by atoms with Gasteiger partial charge in [-0.05, 0) is 48.8 Å². The number of aryl methyl sites for hydroxylation is 1. The van der Waals surface area contributed by atoms with Gasteiger partial charge in [0.1, 0.15) is 5.76 Å². The fraction of sp³-hybridized carbons (Fsp3) is 0.214. The molecule has 2 heteroatoms. The summed E-state index contributed by atoms with van der Waals surface area (Å²) in [6, 6.07) is 4.13. The van der Waals surface area contributed by atoms with Gasteiger partial charge in [-0.1, -0.05) is 12.2 Å².